The summed E-state index contributed by atoms with van der Waals surface area (Å²) in [6.07, 6.45) is -2.51. The Morgan fingerprint density at radius 3 is 2.39 bits per heavy atom. The number of carbonyl (C=O) groups excluding carboxylic acids is 1. The van der Waals surface area contributed by atoms with E-state index in [-0.39, 0.29) is 11.9 Å². The average Bonchev–Trinajstić information content (AvgIpc) is 2.78. The lowest BCUT2D eigenvalue weighted by atomic mass is 10.0. The first-order valence-electron chi connectivity index (χ1n) is 10.5. The van der Waals surface area contributed by atoms with E-state index < -0.39 is 17.6 Å². The number of nitrogens with zero attached hydrogens (tertiary/aromatic N) is 3. The average molecular weight is 435 g/mol. The number of hydrogen-bond acceptors (Lipinski definition) is 3. The van der Waals surface area contributed by atoms with Crippen LogP contribution in [0.2, 0.25) is 0 Å². The summed E-state index contributed by atoms with van der Waals surface area (Å²) in [4.78, 5) is 18.8. The molecule has 2 aromatic rings. The molecular formula is C23H25F4N3O. The van der Waals surface area contributed by atoms with Crippen LogP contribution >= 0.6 is 0 Å². The molecule has 166 valence electrons. The number of benzene rings is 2. The number of rotatable bonds is 3. The third-order valence-electron chi connectivity index (χ3n) is 6.12. The number of carbonyl (C=O) groups is 1. The van der Waals surface area contributed by atoms with Crippen molar-refractivity contribution < 1.29 is 22.4 Å². The van der Waals surface area contributed by atoms with Gasteiger partial charge in [0.15, 0.2) is 0 Å². The zero-order valence-electron chi connectivity index (χ0n) is 17.1. The molecule has 4 nitrogen and oxygen atoms in total. The maximum atomic E-state index is 13.5. The van der Waals surface area contributed by atoms with E-state index in [1.165, 1.54) is 30.3 Å². The monoisotopic (exact) mass is 435 g/mol. The van der Waals surface area contributed by atoms with Crippen LogP contribution in [0.5, 0.6) is 0 Å². The van der Waals surface area contributed by atoms with Gasteiger partial charge in [0, 0.05) is 56.6 Å². The molecule has 2 fully saturated rings. The SMILES string of the molecule is O=C(c1cccc(F)c1)N1CCC[C@H](N2CCN(c3cccc(C(F)(F)F)c3)CC2)C1. The van der Waals surface area contributed by atoms with Gasteiger partial charge in [0.05, 0.1) is 5.56 Å². The van der Waals surface area contributed by atoms with Gasteiger partial charge >= 0.3 is 6.18 Å². The van der Waals surface area contributed by atoms with Gasteiger partial charge in [0.1, 0.15) is 5.82 Å². The summed E-state index contributed by atoms with van der Waals surface area (Å²) in [5.74, 6) is -0.586. The van der Waals surface area contributed by atoms with Gasteiger partial charge in [-0.05, 0) is 49.2 Å². The summed E-state index contributed by atoms with van der Waals surface area (Å²) >= 11 is 0. The van der Waals surface area contributed by atoms with E-state index >= 15 is 0 Å². The fraction of sp³-hybridized carbons (Fsp3) is 0.435. The lowest BCUT2D eigenvalue weighted by Gasteiger charge is -2.44. The standard InChI is InChI=1S/C23H25F4N3O/c24-19-6-1-4-17(14-19)22(31)30-9-3-8-21(16-30)29-12-10-28(11-13-29)20-7-2-5-18(15-20)23(25,26)27/h1-2,4-7,14-15,21H,3,8-13,16H2/t21-/m0/s1. The largest absolute Gasteiger partial charge is 0.416 e. The molecule has 4 rings (SSSR count). The first-order valence-corrected chi connectivity index (χ1v) is 10.5. The normalized spacial score (nSPS) is 20.7. The second-order valence-corrected chi connectivity index (χ2v) is 8.13. The van der Waals surface area contributed by atoms with Gasteiger partial charge in [-0.2, -0.15) is 13.2 Å². The number of halogens is 4. The molecule has 2 saturated heterocycles. The van der Waals surface area contributed by atoms with Gasteiger partial charge in [-0.3, -0.25) is 9.69 Å². The number of anilines is 1. The number of hydrogen-bond donors (Lipinski definition) is 0. The topological polar surface area (TPSA) is 26.8 Å². The van der Waals surface area contributed by atoms with Gasteiger partial charge < -0.3 is 9.80 Å². The fourth-order valence-electron chi connectivity index (χ4n) is 4.47. The molecule has 0 unspecified atom stereocenters. The molecule has 31 heavy (non-hydrogen) atoms. The van der Waals surface area contributed by atoms with Crippen LogP contribution in [0, 0.1) is 5.82 Å². The summed E-state index contributed by atoms with van der Waals surface area (Å²) < 4.78 is 52.5. The molecule has 0 bridgehead atoms. The minimum absolute atomic E-state index is 0.160. The highest BCUT2D eigenvalue weighted by Crippen LogP contribution is 2.32. The Morgan fingerprint density at radius 1 is 0.935 bits per heavy atom. The molecule has 0 saturated carbocycles. The maximum absolute atomic E-state index is 13.5. The lowest BCUT2D eigenvalue weighted by molar-refractivity contribution is -0.137. The summed E-state index contributed by atoms with van der Waals surface area (Å²) in [6.45, 7) is 3.95. The molecule has 2 aliphatic rings. The van der Waals surface area contributed by atoms with Gasteiger partial charge in [0.2, 0.25) is 0 Å². The number of alkyl halides is 3. The third-order valence-corrected chi connectivity index (χ3v) is 6.12. The van der Waals surface area contributed by atoms with Crippen LogP contribution in [0.4, 0.5) is 23.2 Å². The van der Waals surface area contributed by atoms with E-state index in [9.17, 15) is 22.4 Å². The highest BCUT2D eigenvalue weighted by molar-refractivity contribution is 5.94. The van der Waals surface area contributed by atoms with Crippen LogP contribution in [0.15, 0.2) is 48.5 Å². The van der Waals surface area contributed by atoms with E-state index in [0.29, 0.717) is 37.4 Å². The highest BCUT2D eigenvalue weighted by Gasteiger charge is 2.33. The highest BCUT2D eigenvalue weighted by atomic mass is 19.4. The summed E-state index contributed by atoms with van der Waals surface area (Å²) in [5, 5.41) is 0. The zero-order chi connectivity index (χ0) is 22.0. The fourth-order valence-corrected chi connectivity index (χ4v) is 4.47. The summed E-state index contributed by atoms with van der Waals surface area (Å²) in [5.41, 5.74) is 0.308. The van der Waals surface area contributed by atoms with Crippen molar-refractivity contribution in [3.63, 3.8) is 0 Å². The van der Waals surface area contributed by atoms with Crippen molar-refractivity contribution in [3.05, 3.63) is 65.5 Å². The molecule has 0 aliphatic carbocycles. The molecule has 1 amide bonds. The molecular weight excluding hydrogens is 410 g/mol. The quantitative estimate of drug-likeness (QED) is 0.674. The van der Waals surface area contributed by atoms with Crippen LogP contribution in [0.1, 0.15) is 28.8 Å². The molecule has 0 spiro atoms. The van der Waals surface area contributed by atoms with Crippen molar-refractivity contribution in [2.45, 2.75) is 25.1 Å². The summed E-state index contributed by atoms with van der Waals surface area (Å²) in [6, 6.07) is 11.4. The van der Waals surface area contributed by atoms with Crippen molar-refractivity contribution in [2.24, 2.45) is 0 Å². The molecule has 2 aromatic carbocycles. The minimum atomic E-state index is -4.35. The molecule has 0 N–H and O–H groups in total. The van der Waals surface area contributed by atoms with Gasteiger partial charge in [-0.25, -0.2) is 4.39 Å². The van der Waals surface area contributed by atoms with Crippen molar-refractivity contribution in [3.8, 4) is 0 Å². The van der Waals surface area contributed by atoms with Gasteiger partial charge in [-0.15, -0.1) is 0 Å². The first-order chi connectivity index (χ1) is 14.8. The first kappa shape index (κ1) is 21.6. The number of likely N-dealkylation sites (tertiary alicyclic amines) is 1. The Morgan fingerprint density at radius 2 is 1.68 bits per heavy atom. The van der Waals surface area contributed by atoms with Crippen molar-refractivity contribution >= 4 is 11.6 Å². The van der Waals surface area contributed by atoms with E-state index in [0.717, 1.165) is 32.0 Å². The maximum Gasteiger partial charge on any atom is 0.416 e. The van der Waals surface area contributed by atoms with Gasteiger partial charge in [-0.1, -0.05) is 12.1 Å². The minimum Gasteiger partial charge on any atom is -0.369 e. The van der Waals surface area contributed by atoms with Crippen molar-refractivity contribution in [1.82, 2.24) is 9.80 Å². The Kier molecular flexibility index (Phi) is 6.18. The van der Waals surface area contributed by atoms with Crippen LogP contribution in [-0.2, 0) is 6.18 Å². The van der Waals surface area contributed by atoms with E-state index in [2.05, 4.69) is 4.90 Å². The molecule has 2 aliphatic heterocycles. The Hall–Kier alpha value is -2.61. The van der Waals surface area contributed by atoms with Crippen molar-refractivity contribution in [1.29, 1.82) is 0 Å². The molecule has 8 heteroatoms. The van der Waals surface area contributed by atoms with E-state index in [4.69, 9.17) is 0 Å². The second-order valence-electron chi connectivity index (χ2n) is 8.13. The van der Waals surface area contributed by atoms with Crippen LogP contribution in [0.3, 0.4) is 0 Å². The predicted molar refractivity (Wildman–Crippen MR) is 111 cm³/mol. The van der Waals surface area contributed by atoms with E-state index in [1.807, 2.05) is 4.90 Å². The molecule has 0 aromatic heterocycles. The number of piperazine rings is 1. The Balaban J connectivity index is 1.36. The zero-order valence-corrected chi connectivity index (χ0v) is 17.1. The van der Waals surface area contributed by atoms with Crippen LogP contribution in [-0.4, -0.2) is 61.0 Å². The number of amides is 1. The smallest absolute Gasteiger partial charge is 0.369 e. The van der Waals surface area contributed by atoms with Crippen molar-refractivity contribution in [2.75, 3.05) is 44.2 Å². The van der Waals surface area contributed by atoms with Crippen LogP contribution < -0.4 is 4.90 Å². The third kappa shape index (κ3) is 5.01. The predicted octanol–water partition coefficient (Wildman–Crippen LogP) is 4.27. The lowest BCUT2D eigenvalue weighted by Crippen LogP contribution is -2.55. The second kappa shape index (κ2) is 8.86. The van der Waals surface area contributed by atoms with E-state index in [1.54, 1.807) is 17.0 Å². The summed E-state index contributed by atoms with van der Waals surface area (Å²) in [7, 11) is 0. The van der Waals surface area contributed by atoms with Crippen LogP contribution in [0.25, 0.3) is 0 Å². The number of piperidine rings is 1. The Labute approximate surface area is 179 Å². The molecule has 1 atom stereocenters. The Bertz CT molecular complexity index is 925. The molecule has 2 heterocycles. The van der Waals surface area contributed by atoms with Gasteiger partial charge in [0.25, 0.3) is 5.91 Å². The molecule has 0 radical (unpaired) electrons.